The van der Waals surface area contributed by atoms with E-state index in [2.05, 4.69) is 20.9 Å². The number of oxazole rings is 1. The van der Waals surface area contributed by atoms with Gasteiger partial charge in [-0.3, -0.25) is 4.79 Å². The van der Waals surface area contributed by atoms with E-state index in [0.717, 1.165) is 0 Å². The number of hydrogen-bond donors (Lipinski definition) is 1. The van der Waals surface area contributed by atoms with Crippen molar-refractivity contribution in [2.45, 2.75) is 12.8 Å². The molecule has 1 aromatic heterocycles. The van der Waals surface area contributed by atoms with Gasteiger partial charge in [-0.1, -0.05) is 0 Å². The van der Waals surface area contributed by atoms with Crippen LogP contribution in [0, 0.1) is 5.82 Å². The Morgan fingerprint density at radius 2 is 2.31 bits per heavy atom. The highest BCUT2D eigenvalue weighted by atomic mass is 79.9. The van der Waals surface area contributed by atoms with Crippen LogP contribution in [0.3, 0.4) is 0 Å². The van der Waals surface area contributed by atoms with Gasteiger partial charge in [-0.2, -0.15) is 0 Å². The second-order valence-corrected chi connectivity index (χ2v) is 4.09. The number of aliphatic carboxylic acids is 1. The summed E-state index contributed by atoms with van der Waals surface area (Å²) in [7, 11) is 0. The molecule has 1 heterocycles. The largest absolute Gasteiger partial charge is 0.481 e. The Labute approximate surface area is 98.2 Å². The number of halogens is 2. The van der Waals surface area contributed by atoms with E-state index >= 15 is 0 Å². The van der Waals surface area contributed by atoms with E-state index < -0.39 is 11.8 Å². The lowest BCUT2D eigenvalue weighted by atomic mass is 10.3. The number of fused-ring (bicyclic) bond motifs is 1. The molecule has 4 nitrogen and oxygen atoms in total. The third-order valence-corrected chi connectivity index (χ3v) is 2.60. The Bertz CT molecular complexity index is 552. The maximum atomic E-state index is 13.0. The Balaban J connectivity index is 2.36. The molecule has 0 amide bonds. The van der Waals surface area contributed by atoms with Gasteiger partial charge in [0.25, 0.3) is 0 Å². The molecule has 1 N–H and O–H groups in total. The SMILES string of the molecule is O=C(O)CCc1nc2cc(F)cc(Br)c2o1. The topological polar surface area (TPSA) is 63.3 Å². The van der Waals surface area contributed by atoms with Crippen LogP contribution in [-0.4, -0.2) is 16.1 Å². The van der Waals surface area contributed by atoms with Crippen molar-refractivity contribution in [2.24, 2.45) is 0 Å². The molecule has 0 bridgehead atoms. The van der Waals surface area contributed by atoms with Crippen LogP contribution < -0.4 is 0 Å². The quantitative estimate of drug-likeness (QED) is 0.943. The summed E-state index contributed by atoms with van der Waals surface area (Å²) in [5, 5.41) is 8.51. The van der Waals surface area contributed by atoms with Crippen molar-refractivity contribution in [3.63, 3.8) is 0 Å². The average molecular weight is 288 g/mol. The molecule has 16 heavy (non-hydrogen) atoms. The zero-order valence-corrected chi connectivity index (χ0v) is 9.62. The molecule has 0 atom stereocenters. The maximum absolute atomic E-state index is 13.0. The fourth-order valence-corrected chi connectivity index (χ4v) is 1.83. The molecule has 0 saturated carbocycles. The van der Waals surface area contributed by atoms with Crippen LogP contribution in [-0.2, 0) is 11.2 Å². The number of nitrogens with zero attached hydrogens (tertiary/aromatic N) is 1. The minimum Gasteiger partial charge on any atom is -0.481 e. The number of carboxylic acid groups (broad SMARTS) is 1. The van der Waals surface area contributed by atoms with E-state index in [1.54, 1.807) is 0 Å². The second-order valence-electron chi connectivity index (χ2n) is 3.24. The molecule has 0 aliphatic rings. The molecule has 0 aliphatic carbocycles. The van der Waals surface area contributed by atoms with Crippen LogP contribution >= 0.6 is 15.9 Å². The van der Waals surface area contributed by atoms with Crippen LogP contribution in [0.2, 0.25) is 0 Å². The summed E-state index contributed by atoms with van der Waals surface area (Å²) >= 11 is 3.15. The minimum absolute atomic E-state index is 0.0626. The Morgan fingerprint density at radius 1 is 1.56 bits per heavy atom. The molecular formula is C10H7BrFNO3. The molecule has 0 unspecified atom stereocenters. The van der Waals surface area contributed by atoms with Crippen molar-refractivity contribution >= 4 is 33.0 Å². The predicted molar refractivity (Wildman–Crippen MR) is 57.6 cm³/mol. The lowest BCUT2D eigenvalue weighted by Crippen LogP contribution is -1.97. The van der Waals surface area contributed by atoms with Crippen LogP contribution in [0.4, 0.5) is 4.39 Å². The molecule has 1 aromatic carbocycles. The van der Waals surface area contributed by atoms with Gasteiger partial charge in [-0.15, -0.1) is 0 Å². The Kier molecular flexibility index (Phi) is 2.91. The predicted octanol–water partition coefficient (Wildman–Crippen LogP) is 2.75. The average Bonchev–Trinajstić information content (AvgIpc) is 2.57. The maximum Gasteiger partial charge on any atom is 0.303 e. The highest BCUT2D eigenvalue weighted by molar-refractivity contribution is 9.10. The van der Waals surface area contributed by atoms with Crippen LogP contribution in [0.5, 0.6) is 0 Å². The van der Waals surface area contributed by atoms with Crippen LogP contribution in [0.25, 0.3) is 11.1 Å². The van der Waals surface area contributed by atoms with Crippen molar-refractivity contribution in [1.29, 1.82) is 0 Å². The molecule has 2 rings (SSSR count). The van der Waals surface area contributed by atoms with Crippen molar-refractivity contribution in [1.82, 2.24) is 4.98 Å². The molecule has 0 fully saturated rings. The number of carboxylic acids is 1. The van der Waals surface area contributed by atoms with E-state index in [1.807, 2.05) is 0 Å². The van der Waals surface area contributed by atoms with Gasteiger partial charge in [0.1, 0.15) is 11.3 Å². The summed E-state index contributed by atoms with van der Waals surface area (Å²) in [6.45, 7) is 0. The standard InChI is InChI=1S/C10H7BrFNO3/c11-6-3-5(12)4-7-10(6)16-8(13-7)1-2-9(14)15/h3-4H,1-2H2,(H,14,15). The summed E-state index contributed by atoms with van der Waals surface area (Å²) in [6.07, 6.45) is 0.130. The van der Waals surface area contributed by atoms with Gasteiger partial charge in [0.15, 0.2) is 11.5 Å². The van der Waals surface area contributed by atoms with Crippen molar-refractivity contribution in [2.75, 3.05) is 0 Å². The van der Waals surface area contributed by atoms with Crippen molar-refractivity contribution in [3.8, 4) is 0 Å². The van der Waals surface area contributed by atoms with E-state index in [-0.39, 0.29) is 12.8 Å². The number of benzene rings is 1. The molecule has 0 spiro atoms. The number of hydrogen-bond acceptors (Lipinski definition) is 3. The summed E-state index contributed by atoms with van der Waals surface area (Å²) < 4.78 is 18.8. The lowest BCUT2D eigenvalue weighted by Gasteiger charge is -1.91. The minimum atomic E-state index is -0.924. The highest BCUT2D eigenvalue weighted by Crippen LogP contribution is 2.26. The summed E-state index contributed by atoms with van der Waals surface area (Å²) in [6, 6.07) is 2.52. The first kappa shape index (κ1) is 11.1. The van der Waals surface area contributed by atoms with Gasteiger partial charge in [0.2, 0.25) is 0 Å². The second kappa shape index (κ2) is 4.21. The molecular weight excluding hydrogens is 281 g/mol. The molecule has 0 aliphatic heterocycles. The van der Waals surface area contributed by atoms with Gasteiger partial charge in [-0.25, -0.2) is 9.37 Å². The fourth-order valence-electron chi connectivity index (χ4n) is 1.33. The van der Waals surface area contributed by atoms with Crippen molar-refractivity contribution in [3.05, 3.63) is 28.3 Å². The Hall–Kier alpha value is -1.43. The van der Waals surface area contributed by atoms with Gasteiger partial charge in [0, 0.05) is 12.5 Å². The number of aromatic nitrogens is 1. The lowest BCUT2D eigenvalue weighted by molar-refractivity contribution is -0.137. The van der Waals surface area contributed by atoms with Gasteiger partial charge >= 0.3 is 5.97 Å². The van der Waals surface area contributed by atoms with Crippen molar-refractivity contribution < 1.29 is 18.7 Å². The van der Waals surface area contributed by atoms with Crippen LogP contribution in [0.15, 0.2) is 21.0 Å². The van der Waals surface area contributed by atoms with E-state index in [0.29, 0.717) is 21.5 Å². The fraction of sp³-hybridized carbons (Fsp3) is 0.200. The first-order valence-corrected chi connectivity index (χ1v) is 5.32. The summed E-state index contributed by atoms with van der Waals surface area (Å²) in [5.41, 5.74) is 0.814. The third-order valence-electron chi connectivity index (χ3n) is 2.01. The van der Waals surface area contributed by atoms with Gasteiger partial charge in [0.05, 0.1) is 10.9 Å². The highest BCUT2D eigenvalue weighted by Gasteiger charge is 2.11. The first-order valence-electron chi connectivity index (χ1n) is 4.52. The number of rotatable bonds is 3. The third kappa shape index (κ3) is 2.21. The smallest absolute Gasteiger partial charge is 0.303 e. The zero-order valence-electron chi connectivity index (χ0n) is 8.04. The summed E-state index contributed by atoms with van der Waals surface area (Å²) in [4.78, 5) is 14.4. The summed E-state index contributed by atoms with van der Waals surface area (Å²) in [5.74, 6) is -1.05. The molecule has 0 saturated heterocycles. The van der Waals surface area contributed by atoms with Crippen LogP contribution in [0.1, 0.15) is 12.3 Å². The molecule has 2 aromatic rings. The van der Waals surface area contributed by atoms with E-state index in [4.69, 9.17) is 9.52 Å². The number of aryl methyl sites for hydroxylation is 1. The Morgan fingerprint density at radius 3 is 3.00 bits per heavy atom. The van der Waals surface area contributed by atoms with E-state index in [1.165, 1.54) is 12.1 Å². The normalized spacial score (nSPS) is 10.9. The van der Waals surface area contributed by atoms with E-state index in [9.17, 15) is 9.18 Å². The first-order chi connectivity index (χ1) is 7.56. The monoisotopic (exact) mass is 287 g/mol. The molecule has 6 heteroatoms. The number of carbonyl (C=O) groups is 1. The molecule has 0 radical (unpaired) electrons. The molecule has 84 valence electrons. The zero-order chi connectivity index (χ0) is 11.7. The van der Waals surface area contributed by atoms with Gasteiger partial charge < -0.3 is 9.52 Å². The van der Waals surface area contributed by atoms with Gasteiger partial charge in [-0.05, 0) is 22.0 Å².